The highest BCUT2D eigenvalue weighted by molar-refractivity contribution is 7.80. The zero-order chi connectivity index (χ0) is 13.9. The van der Waals surface area contributed by atoms with E-state index in [2.05, 4.69) is 12.2 Å². The molecule has 2 nitrogen and oxygen atoms in total. The maximum atomic E-state index is 6.18. The minimum Gasteiger partial charge on any atom is -0.389 e. The molecule has 0 aliphatic heterocycles. The zero-order valence-corrected chi connectivity index (χ0v) is 12.9. The molecule has 19 heavy (non-hydrogen) atoms. The van der Waals surface area contributed by atoms with Crippen molar-refractivity contribution in [2.45, 2.75) is 39.0 Å². The van der Waals surface area contributed by atoms with Gasteiger partial charge in [-0.1, -0.05) is 49.7 Å². The van der Waals surface area contributed by atoms with Crippen molar-refractivity contribution < 1.29 is 0 Å². The number of nitrogens with two attached hydrogens (primary N) is 1. The Bertz CT molecular complexity index is 467. The predicted molar refractivity (Wildman–Crippen MR) is 87.0 cm³/mol. The Kier molecular flexibility index (Phi) is 4.69. The Labute approximate surface area is 125 Å². The third-order valence-electron chi connectivity index (χ3n) is 4.33. The van der Waals surface area contributed by atoms with Gasteiger partial charge in [0.05, 0.1) is 10.6 Å². The van der Waals surface area contributed by atoms with Gasteiger partial charge in [-0.25, -0.2) is 0 Å². The van der Waals surface area contributed by atoms with Crippen molar-refractivity contribution >= 4 is 34.5 Å². The Hall–Kier alpha value is -0.800. The molecule has 0 heterocycles. The van der Waals surface area contributed by atoms with Gasteiger partial charge in [0.1, 0.15) is 4.99 Å². The first kappa shape index (κ1) is 14.6. The van der Waals surface area contributed by atoms with Gasteiger partial charge in [0.25, 0.3) is 0 Å². The number of nitrogens with one attached hydrogen (secondary N) is 1. The van der Waals surface area contributed by atoms with Crippen LogP contribution in [0.5, 0.6) is 0 Å². The molecule has 0 aromatic heterocycles. The smallest absolute Gasteiger partial charge is 0.107 e. The summed E-state index contributed by atoms with van der Waals surface area (Å²) in [6, 6.07) is 5.75. The van der Waals surface area contributed by atoms with Gasteiger partial charge in [-0.15, -0.1) is 0 Å². The van der Waals surface area contributed by atoms with Crippen molar-refractivity contribution in [1.29, 1.82) is 0 Å². The topological polar surface area (TPSA) is 38.0 Å². The number of rotatable bonds is 5. The molecule has 0 atom stereocenters. The van der Waals surface area contributed by atoms with Gasteiger partial charge in [-0.2, -0.15) is 0 Å². The van der Waals surface area contributed by atoms with Crippen LogP contribution >= 0.6 is 23.8 Å². The normalized spacial score (nSPS) is 17.4. The lowest BCUT2D eigenvalue weighted by Gasteiger charge is -2.28. The standard InChI is InChI=1S/C15H21ClN2S/c1-2-15(8-3-4-9-15)10-18-12-7-5-6-11(16)13(12)14(17)19/h5-7,18H,2-4,8-10H2,1H3,(H2,17,19). The second-order valence-corrected chi connectivity index (χ2v) is 6.29. The number of benzene rings is 1. The first-order valence-corrected chi connectivity index (χ1v) is 7.69. The highest BCUT2D eigenvalue weighted by atomic mass is 35.5. The third-order valence-corrected chi connectivity index (χ3v) is 4.85. The maximum absolute atomic E-state index is 6.18. The van der Waals surface area contributed by atoms with Crippen molar-refractivity contribution in [2.24, 2.45) is 11.1 Å². The van der Waals surface area contributed by atoms with Crippen LogP contribution in [0, 0.1) is 5.41 Å². The Morgan fingerprint density at radius 1 is 1.42 bits per heavy atom. The molecule has 2 rings (SSSR count). The lowest BCUT2D eigenvalue weighted by Crippen LogP contribution is -2.27. The molecule has 1 aromatic rings. The average Bonchev–Trinajstić information content (AvgIpc) is 2.85. The van der Waals surface area contributed by atoms with Gasteiger partial charge in [0.15, 0.2) is 0 Å². The van der Waals surface area contributed by atoms with E-state index in [1.165, 1.54) is 32.1 Å². The summed E-state index contributed by atoms with van der Waals surface area (Å²) in [7, 11) is 0. The van der Waals surface area contributed by atoms with Gasteiger partial charge >= 0.3 is 0 Å². The first-order chi connectivity index (χ1) is 9.08. The van der Waals surface area contributed by atoms with E-state index in [0.717, 1.165) is 17.8 Å². The molecular weight excluding hydrogens is 276 g/mol. The van der Waals surface area contributed by atoms with E-state index in [1.54, 1.807) is 0 Å². The van der Waals surface area contributed by atoms with Crippen LogP contribution in [0.4, 0.5) is 5.69 Å². The van der Waals surface area contributed by atoms with Crippen LogP contribution in [0.2, 0.25) is 5.02 Å². The van der Waals surface area contributed by atoms with Crippen LogP contribution in [-0.4, -0.2) is 11.5 Å². The molecule has 4 heteroatoms. The highest BCUT2D eigenvalue weighted by Gasteiger charge is 2.31. The van der Waals surface area contributed by atoms with E-state index < -0.39 is 0 Å². The third kappa shape index (κ3) is 3.21. The molecule has 3 N–H and O–H groups in total. The van der Waals surface area contributed by atoms with Gasteiger partial charge in [0.2, 0.25) is 0 Å². The molecule has 104 valence electrons. The van der Waals surface area contributed by atoms with Crippen LogP contribution in [0.25, 0.3) is 0 Å². The molecule has 0 amide bonds. The quantitative estimate of drug-likeness (QED) is 0.793. The highest BCUT2D eigenvalue weighted by Crippen LogP contribution is 2.41. The van der Waals surface area contributed by atoms with Crippen molar-refractivity contribution in [1.82, 2.24) is 0 Å². The van der Waals surface area contributed by atoms with Gasteiger partial charge in [-0.3, -0.25) is 0 Å². The van der Waals surface area contributed by atoms with E-state index in [0.29, 0.717) is 15.4 Å². The van der Waals surface area contributed by atoms with Gasteiger partial charge in [-0.05, 0) is 36.8 Å². The van der Waals surface area contributed by atoms with Gasteiger partial charge in [0, 0.05) is 12.2 Å². The van der Waals surface area contributed by atoms with Crippen molar-refractivity contribution in [2.75, 3.05) is 11.9 Å². The second-order valence-electron chi connectivity index (χ2n) is 5.44. The summed E-state index contributed by atoms with van der Waals surface area (Å²) >= 11 is 11.3. The van der Waals surface area contributed by atoms with Crippen molar-refractivity contribution in [3.05, 3.63) is 28.8 Å². The number of halogens is 1. The van der Waals surface area contributed by atoms with Crippen LogP contribution in [0.1, 0.15) is 44.6 Å². The number of anilines is 1. The van der Waals surface area contributed by atoms with Crippen LogP contribution in [0.15, 0.2) is 18.2 Å². The van der Waals surface area contributed by atoms with Crippen LogP contribution in [-0.2, 0) is 0 Å². The lowest BCUT2D eigenvalue weighted by molar-refractivity contribution is 0.307. The fourth-order valence-corrected chi connectivity index (χ4v) is 3.54. The fraction of sp³-hybridized carbons (Fsp3) is 0.533. The average molecular weight is 297 g/mol. The summed E-state index contributed by atoms with van der Waals surface area (Å²) in [6.45, 7) is 3.25. The predicted octanol–water partition coefficient (Wildman–Crippen LogP) is 4.36. The molecule has 0 radical (unpaired) electrons. The minimum absolute atomic E-state index is 0.352. The molecule has 0 unspecified atom stereocenters. The summed E-state index contributed by atoms with van der Waals surface area (Å²) in [6.07, 6.45) is 6.50. The fourth-order valence-electron chi connectivity index (χ4n) is 2.98. The molecule has 0 spiro atoms. The maximum Gasteiger partial charge on any atom is 0.107 e. The molecular formula is C15H21ClN2S. The van der Waals surface area contributed by atoms with Crippen molar-refractivity contribution in [3.63, 3.8) is 0 Å². The van der Waals surface area contributed by atoms with E-state index in [4.69, 9.17) is 29.6 Å². The minimum atomic E-state index is 0.352. The van der Waals surface area contributed by atoms with Crippen LogP contribution in [0.3, 0.4) is 0 Å². The molecule has 0 bridgehead atoms. The summed E-state index contributed by atoms with van der Waals surface area (Å²) < 4.78 is 0. The largest absolute Gasteiger partial charge is 0.389 e. The molecule has 1 saturated carbocycles. The number of thiocarbonyl (C=S) groups is 1. The summed E-state index contributed by atoms with van der Waals surface area (Å²) in [5.41, 5.74) is 7.92. The SMILES string of the molecule is CCC1(CNc2cccc(Cl)c2C(N)=S)CCCC1. The van der Waals surface area contributed by atoms with E-state index in [1.807, 2.05) is 18.2 Å². The number of hydrogen-bond donors (Lipinski definition) is 2. The van der Waals surface area contributed by atoms with E-state index >= 15 is 0 Å². The number of hydrogen-bond acceptors (Lipinski definition) is 2. The summed E-state index contributed by atoms with van der Waals surface area (Å²) in [5, 5.41) is 4.14. The molecule has 1 fully saturated rings. The van der Waals surface area contributed by atoms with Crippen molar-refractivity contribution in [3.8, 4) is 0 Å². The lowest BCUT2D eigenvalue weighted by atomic mass is 9.83. The summed E-state index contributed by atoms with van der Waals surface area (Å²) in [4.78, 5) is 0.352. The van der Waals surface area contributed by atoms with Gasteiger partial charge < -0.3 is 11.1 Å². The Balaban J connectivity index is 2.15. The summed E-state index contributed by atoms with van der Waals surface area (Å²) in [5.74, 6) is 0. The van der Waals surface area contributed by atoms with E-state index in [9.17, 15) is 0 Å². The van der Waals surface area contributed by atoms with Crippen LogP contribution < -0.4 is 11.1 Å². The molecule has 1 aromatic carbocycles. The second kappa shape index (κ2) is 6.10. The molecule has 1 aliphatic rings. The first-order valence-electron chi connectivity index (χ1n) is 6.90. The Morgan fingerprint density at radius 3 is 2.68 bits per heavy atom. The van der Waals surface area contributed by atoms with E-state index in [-0.39, 0.29) is 0 Å². The Morgan fingerprint density at radius 2 is 2.11 bits per heavy atom. The zero-order valence-electron chi connectivity index (χ0n) is 11.3. The molecule has 1 aliphatic carbocycles. The monoisotopic (exact) mass is 296 g/mol. The molecule has 0 saturated heterocycles.